The Hall–Kier alpha value is -2.32. The molecule has 9 nitrogen and oxygen atoms in total. The zero-order chi connectivity index (χ0) is 14.3. The Bertz CT molecular complexity index is 340. The summed E-state index contributed by atoms with van der Waals surface area (Å²) < 4.78 is 0. The minimum atomic E-state index is -1.34. The third kappa shape index (κ3) is 5.68. The maximum atomic E-state index is 11.7. The van der Waals surface area contributed by atoms with Gasteiger partial charge in [-0.15, -0.1) is 0 Å². The van der Waals surface area contributed by atoms with Crippen LogP contribution in [0.5, 0.6) is 0 Å². The van der Waals surface area contributed by atoms with Crippen LogP contribution in [0.25, 0.3) is 0 Å². The van der Waals surface area contributed by atoms with Crippen LogP contribution in [-0.4, -0.2) is 77.6 Å². The van der Waals surface area contributed by atoms with Crippen LogP contribution < -0.4 is 5.32 Å². The fraction of sp³-hybridized carbons (Fsp3) is 0.556. The maximum Gasteiger partial charge on any atom is 0.323 e. The van der Waals surface area contributed by atoms with Crippen LogP contribution in [0, 0.1) is 0 Å². The number of nitrogens with one attached hydrogen (secondary N) is 1. The van der Waals surface area contributed by atoms with Crippen LogP contribution >= 0.6 is 0 Å². The SMILES string of the molecule is CNC(=O)CN(C)C(=O)N(CC(=O)O)CC(=O)O. The average Bonchev–Trinajstić information content (AvgIpc) is 2.25. The van der Waals surface area contributed by atoms with Gasteiger partial charge in [0.15, 0.2) is 0 Å². The standard InChI is InChI=1S/C9H15N3O6/c1-10-6(13)3-11(2)9(18)12(4-7(14)15)5-8(16)17/h3-5H2,1-2H3,(H,10,13)(H,14,15)(H,16,17). The molecule has 0 aromatic carbocycles. The zero-order valence-corrected chi connectivity index (χ0v) is 10.0. The Labute approximate surface area is 103 Å². The molecule has 18 heavy (non-hydrogen) atoms. The molecule has 0 aromatic rings. The Balaban J connectivity index is 4.67. The van der Waals surface area contributed by atoms with Crippen LogP contribution in [0.15, 0.2) is 0 Å². The van der Waals surface area contributed by atoms with Crippen molar-refractivity contribution in [3.05, 3.63) is 0 Å². The quantitative estimate of drug-likeness (QED) is 0.520. The smallest absolute Gasteiger partial charge is 0.323 e. The zero-order valence-electron chi connectivity index (χ0n) is 10.0. The predicted molar refractivity (Wildman–Crippen MR) is 58.9 cm³/mol. The summed E-state index contributed by atoms with van der Waals surface area (Å²) in [6.07, 6.45) is 0. The van der Waals surface area contributed by atoms with E-state index >= 15 is 0 Å². The van der Waals surface area contributed by atoms with Crippen LogP contribution in [-0.2, 0) is 14.4 Å². The van der Waals surface area contributed by atoms with Crippen molar-refractivity contribution in [3.63, 3.8) is 0 Å². The molecule has 0 heterocycles. The minimum Gasteiger partial charge on any atom is -0.480 e. The lowest BCUT2D eigenvalue weighted by atomic mass is 10.4. The monoisotopic (exact) mass is 261 g/mol. The van der Waals surface area contributed by atoms with E-state index < -0.39 is 37.0 Å². The number of likely N-dealkylation sites (N-methyl/N-ethyl adjacent to an activating group) is 2. The van der Waals surface area contributed by atoms with Gasteiger partial charge in [0.2, 0.25) is 5.91 Å². The van der Waals surface area contributed by atoms with Gasteiger partial charge in [-0.05, 0) is 0 Å². The highest BCUT2D eigenvalue weighted by Crippen LogP contribution is 1.97. The van der Waals surface area contributed by atoms with Crippen molar-refractivity contribution in [1.29, 1.82) is 0 Å². The largest absolute Gasteiger partial charge is 0.480 e. The van der Waals surface area contributed by atoms with Crippen LogP contribution in [0.1, 0.15) is 0 Å². The Kier molecular flexibility index (Phi) is 6.18. The van der Waals surface area contributed by atoms with E-state index in [9.17, 15) is 19.2 Å². The van der Waals surface area contributed by atoms with Gasteiger partial charge < -0.3 is 25.3 Å². The minimum absolute atomic E-state index is 0.287. The van der Waals surface area contributed by atoms with E-state index in [0.29, 0.717) is 4.90 Å². The van der Waals surface area contributed by atoms with Crippen molar-refractivity contribution in [3.8, 4) is 0 Å². The number of amides is 3. The number of carboxylic acid groups (broad SMARTS) is 2. The van der Waals surface area contributed by atoms with Gasteiger partial charge in [0.25, 0.3) is 0 Å². The first kappa shape index (κ1) is 15.7. The maximum absolute atomic E-state index is 11.7. The number of hydrogen-bond acceptors (Lipinski definition) is 4. The van der Waals surface area contributed by atoms with Crippen molar-refractivity contribution in [2.75, 3.05) is 33.7 Å². The molecule has 0 rings (SSSR count). The topological polar surface area (TPSA) is 127 Å². The molecule has 0 atom stereocenters. The molecule has 3 N–H and O–H groups in total. The summed E-state index contributed by atoms with van der Waals surface area (Å²) in [5, 5.41) is 19.4. The number of nitrogens with zero attached hydrogens (tertiary/aromatic N) is 2. The summed E-state index contributed by atoms with van der Waals surface area (Å²) in [4.78, 5) is 45.3. The molecule has 0 aliphatic heterocycles. The highest BCUT2D eigenvalue weighted by molar-refractivity contribution is 5.87. The Morgan fingerprint density at radius 2 is 1.44 bits per heavy atom. The van der Waals surface area contributed by atoms with Gasteiger partial charge in [0.05, 0.1) is 0 Å². The van der Waals surface area contributed by atoms with E-state index in [-0.39, 0.29) is 6.54 Å². The number of hydrogen-bond donors (Lipinski definition) is 3. The number of carbonyl (C=O) groups excluding carboxylic acids is 2. The van der Waals surface area contributed by atoms with Gasteiger partial charge in [-0.3, -0.25) is 14.4 Å². The first-order chi connectivity index (χ1) is 8.27. The second kappa shape index (κ2) is 7.09. The molecule has 9 heteroatoms. The normalized spacial score (nSPS) is 9.44. The van der Waals surface area contributed by atoms with Crippen LogP contribution in [0.2, 0.25) is 0 Å². The van der Waals surface area contributed by atoms with Crippen LogP contribution in [0.4, 0.5) is 4.79 Å². The van der Waals surface area contributed by atoms with Gasteiger partial charge >= 0.3 is 18.0 Å². The molecule has 0 saturated heterocycles. The summed E-state index contributed by atoms with van der Waals surface area (Å²) in [5.41, 5.74) is 0. The van der Waals surface area contributed by atoms with Gasteiger partial charge in [0, 0.05) is 14.1 Å². The van der Waals surface area contributed by atoms with E-state index in [2.05, 4.69) is 5.32 Å². The fourth-order valence-electron chi connectivity index (χ4n) is 1.12. The van der Waals surface area contributed by atoms with E-state index in [1.165, 1.54) is 14.1 Å². The molecule has 0 aromatic heterocycles. The third-order valence-corrected chi connectivity index (χ3v) is 1.91. The molecule has 0 saturated carbocycles. The number of carbonyl (C=O) groups is 4. The van der Waals surface area contributed by atoms with Gasteiger partial charge in [0.1, 0.15) is 19.6 Å². The van der Waals surface area contributed by atoms with Crippen molar-refractivity contribution in [2.45, 2.75) is 0 Å². The second-order valence-electron chi connectivity index (χ2n) is 3.46. The first-order valence-electron chi connectivity index (χ1n) is 4.92. The highest BCUT2D eigenvalue weighted by Gasteiger charge is 2.23. The molecule has 0 aliphatic rings. The molecule has 0 aliphatic carbocycles. The second-order valence-corrected chi connectivity index (χ2v) is 3.46. The Morgan fingerprint density at radius 3 is 1.78 bits per heavy atom. The molecular formula is C9H15N3O6. The average molecular weight is 261 g/mol. The van der Waals surface area contributed by atoms with E-state index in [1.54, 1.807) is 0 Å². The molecule has 0 bridgehead atoms. The summed E-state index contributed by atoms with van der Waals surface area (Å²) in [6, 6.07) is -0.844. The van der Waals surface area contributed by atoms with E-state index in [4.69, 9.17) is 10.2 Å². The molecular weight excluding hydrogens is 246 g/mol. The summed E-state index contributed by atoms with van der Waals surface area (Å²) >= 11 is 0. The van der Waals surface area contributed by atoms with Gasteiger partial charge in [-0.25, -0.2) is 4.79 Å². The molecule has 0 spiro atoms. The van der Waals surface area contributed by atoms with Crippen LogP contribution in [0.3, 0.4) is 0 Å². The number of aliphatic carboxylic acids is 2. The van der Waals surface area contributed by atoms with E-state index in [1.807, 2.05) is 0 Å². The van der Waals surface area contributed by atoms with Gasteiger partial charge in [-0.2, -0.15) is 0 Å². The number of rotatable bonds is 6. The molecule has 102 valence electrons. The lowest BCUT2D eigenvalue weighted by molar-refractivity contribution is -0.140. The fourth-order valence-corrected chi connectivity index (χ4v) is 1.12. The lowest BCUT2D eigenvalue weighted by Gasteiger charge is -2.25. The molecule has 3 amide bonds. The van der Waals surface area contributed by atoms with E-state index in [0.717, 1.165) is 4.90 Å². The van der Waals surface area contributed by atoms with Crippen molar-refractivity contribution in [1.82, 2.24) is 15.1 Å². The van der Waals surface area contributed by atoms with Gasteiger partial charge in [-0.1, -0.05) is 0 Å². The summed E-state index contributed by atoms with van der Waals surface area (Å²) in [6.45, 7) is -1.78. The summed E-state index contributed by atoms with van der Waals surface area (Å²) in [5.74, 6) is -3.12. The molecule has 0 unspecified atom stereocenters. The van der Waals surface area contributed by atoms with Crippen molar-refractivity contribution < 1.29 is 29.4 Å². The van der Waals surface area contributed by atoms with Crippen molar-refractivity contribution >= 4 is 23.9 Å². The Morgan fingerprint density at radius 1 is 1.00 bits per heavy atom. The summed E-state index contributed by atoms with van der Waals surface area (Å²) in [7, 11) is 2.65. The highest BCUT2D eigenvalue weighted by atomic mass is 16.4. The number of carboxylic acids is 2. The molecule has 0 radical (unpaired) electrons. The first-order valence-corrected chi connectivity index (χ1v) is 4.92. The lowest BCUT2D eigenvalue weighted by Crippen LogP contribution is -2.48. The molecule has 0 fully saturated rings. The van der Waals surface area contributed by atoms with Crippen molar-refractivity contribution in [2.24, 2.45) is 0 Å². The predicted octanol–water partition coefficient (Wildman–Crippen LogP) is -1.74. The third-order valence-electron chi connectivity index (χ3n) is 1.91. The number of urea groups is 1.